The molecule has 1 aromatic carbocycles. The second-order valence-electron chi connectivity index (χ2n) is 5.55. The molecule has 1 aliphatic rings. The lowest BCUT2D eigenvalue weighted by Crippen LogP contribution is -2.45. The van der Waals surface area contributed by atoms with Gasteiger partial charge in [0.05, 0.1) is 34.6 Å². The fourth-order valence-corrected chi connectivity index (χ4v) is 2.95. The Hall–Kier alpha value is -3.24. The van der Waals surface area contributed by atoms with Gasteiger partial charge in [-0.2, -0.15) is 0 Å². The van der Waals surface area contributed by atoms with Crippen LogP contribution in [0.3, 0.4) is 0 Å². The summed E-state index contributed by atoms with van der Waals surface area (Å²) in [6, 6.07) is 4.60. The molecule has 0 amide bonds. The SMILES string of the molecule is COC(=O)C1=C(C)N(O)C(C)=C(C(=O)O)[C@]1(O)c1cccc([N+](=O)[O-])c1. The molecule has 1 heterocycles. The number of ether oxygens (including phenoxy) is 1. The lowest BCUT2D eigenvalue weighted by atomic mass is 9.75. The molecule has 0 spiro atoms. The summed E-state index contributed by atoms with van der Waals surface area (Å²) in [6.07, 6.45) is 0. The number of rotatable bonds is 4. The van der Waals surface area contributed by atoms with E-state index in [1.807, 2.05) is 0 Å². The van der Waals surface area contributed by atoms with E-state index in [0.717, 1.165) is 19.2 Å². The number of carboxylic acids is 1. The molecular weight excluding hydrogens is 348 g/mol. The van der Waals surface area contributed by atoms with Gasteiger partial charge in [0.15, 0.2) is 5.60 Å². The van der Waals surface area contributed by atoms with Gasteiger partial charge in [-0.1, -0.05) is 12.1 Å². The molecule has 0 aliphatic carbocycles. The minimum atomic E-state index is -2.57. The van der Waals surface area contributed by atoms with Crippen molar-refractivity contribution in [1.82, 2.24) is 5.06 Å². The summed E-state index contributed by atoms with van der Waals surface area (Å²) in [5, 5.41) is 42.6. The van der Waals surface area contributed by atoms with Gasteiger partial charge >= 0.3 is 11.9 Å². The van der Waals surface area contributed by atoms with Crippen LogP contribution in [-0.4, -0.2) is 44.5 Å². The van der Waals surface area contributed by atoms with Gasteiger partial charge in [0, 0.05) is 17.7 Å². The Balaban J connectivity index is 2.92. The Morgan fingerprint density at radius 3 is 2.31 bits per heavy atom. The van der Waals surface area contributed by atoms with Gasteiger partial charge in [-0.3, -0.25) is 15.3 Å². The third-order valence-corrected chi connectivity index (χ3v) is 4.16. The Morgan fingerprint density at radius 1 is 1.23 bits per heavy atom. The predicted molar refractivity (Wildman–Crippen MR) is 85.7 cm³/mol. The molecular formula is C16H16N2O8. The van der Waals surface area contributed by atoms with E-state index >= 15 is 0 Å². The van der Waals surface area contributed by atoms with Gasteiger partial charge in [-0.15, -0.1) is 0 Å². The first kappa shape index (κ1) is 19.1. The quantitative estimate of drug-likeness (QED) is 0.408. The molecule has 1 aromatic rings. The van der Waals surface area contributed by atoms with Crippen LogP contribution in [0.5, 0.6) is 0 Å². The number of esters is 1. The Bertz CT molecular complexity index is 873. The fraction of sp³-hybridized carbons (Fsp3) is 0.250. The summed E-state index contributed by atoms with van der Waals surface area (Å²) in [5.74, 6) is -2.72. The van der Waals surface area contributed by atoms with E-state index in [2.05, 4.69) is 4.74 Å². The van der Waals surface area contributed by atoms with Crippen LogP contribution in [0, 0.1) is 10.1 Å². The highest BCUT2D eigenvalue weighted by Gasteiger charge is 2.51. The van der Waals surface area contributed by atoms with Crippen LogP contribution >= 0.6 is 0 Å². The van der Waals surface area contributed by atoms with Crippen LogP contribution < -0.4 is 0 Å². The maximum absolute atomic E-state index is 12.3. The number of nitro groups is 1. The number of hydroxylamine groups is 2. The van der Waals surface area contributed by atoms with Crippen molar-refractivity contribution in [3.63, 3.8) is 0 Å². The summed E-state index contributed by atoms with van der Waals surface area (Å²) >= 11 is 0. The minimum Gasteiger partial charge on any atom is -0.478 e. The van der Waals surface area contributed by atoms with Crippen LogP contribution in [0.4, 0.5) is 5.69 Å². The van der Waals surface area contributed by atoms with Crippen molar-refractivity contribution < 1.29 is 34.7 Å². The lowest BCUT2D eigenvalue weighted by Gasteiger charge is -2.39. The van der Waals surface area contributed by atoms with Crippen molar-refractivity contribution in [3.05, 3.63) is 62.5 Å². The van der Waals surface area contributed by atoms with Gasteiger partial charge in [0.25, 0.3) is 5.69 Å². The van der Waals surface area contributed by atoms with E-state index in [4.69, 9.17) is 0 Å². The Morgan fingerprint density at radius 2 is 1.81 bits per heavy atom. The number of methoxy groups -OCH3 is 1. The van der Waals surface area contributed by atoms with Crippen molar-refractivity contribution in [3.8, 4) is 0 Å². The van der Waals surface area contributed by atoms with E-state index < -0.39 is 39.3 Å². The van der Waals surface area contributed by atoms with Gasteiger partial charge < -0.3 is 14.9 Å². The van der Waals surface area contributed by atoms with E-state index in [0.29, 0.717) is 5.06 Å². The smallest absolute Gasteiger partial charge is 0.339 e. The normalized spacial score (nSPS) is 20.3. The number of carbonyl (C=O) groups is 2. The van der Waals surface area contributed by atoms with Crippen molar-refractivity contribution in [2.24, 2.45) is 0 Å². The third kappa shape index (κ3) is 2.70. The molecule has 0 bridgehead atoms. The number of carboxylic acid groups (broad SMARTS) is 1. The van der Waals surface area contributed by atoms with Crippen molar-refractivity contribution >= 4 is 17.6 Å². The average molecular weight is 364 g/mol. The van der Waals surface area contributed by atoms with Crippen LogP contribution in [0.15, 0.2) is 46.8 Å². The summed E-state index contributed by atoms with van der Waals surface area (Å²) in [6.45, 7) is 2.50. The second-order valence-corrected chi connectivity index (χ2v) is 5.55. The number of nitro benzene ring substituents is 1. The number of non-ortho nitro benzene ring substituents is 1. The topological polar surface area (TPSA) is 150 Å². The monoisotopic (exact) mass is 364 g/mol. The molecule has 3 N–H and O–H groups in total. The molecule has 26 heavy (non-hydrogen) atoms. The first-order valence-corrected chi connectivity index (χ1v) is 7.28. The summed E-state index contributed by atoms with van der Waals surface area (Å²) in [7, 11) is 1.02. The molecule has 10 nitrogen and oxygen atoms in total. The first-order chi connectivity index (χ1) is 12.1. The highest BCUT2D eigenvalue weighted by molar-refractivity contribution is 6.00. The van der Waals surface area contributed by atoms with Gasteiger partial charge in [-0.25, -0.2) is 14.7 Å². The number of allylic oxidation sites excluding steroid dienone is 2. The Kier molecular flexibility index (Phi) is 4.83. The van der Waals surface area contributed by atoms with Crippen LogP contribution in [0.25, 0.3) is 0 Å². The number of hydrogen-bond acceptors (Lipinski definition) is 8. The minimum absolute atomic E-state index is 0.173. The number of aliphatic carboxylic acids is 1. The van der Waals surface area contributed by atoms with E-state index in [-0.39, 0.29) is 17.0 Å². The molecule has 0 fully saturated rings. The van der Waals surface area contributed by atoms with Crippen LogP contribution in [0.2, 0.25) is 0 Å². The van der Waals surface area contributed by atoms with Gasteiger partial charge in [0.2, 0.25) is 0 Å². The number of hydrogen-bond donors (Lipinski definition) is 3. The summed E-state index contributed by atoms with van der Waals surface area (Å²) in [5.41, 5.74) is -4.93. The fourth-order valence-electron chi connectivity index (χ4n) is 2.95. The van der Waals surface area contributed by atoms with Crippen molar-refractivity contribution in [2.75, 3.05) is 7.11 Å². The predicted octanol–water partition coefficient (Wildman–Crippen LogP) is 1.29. The zero-order valence-corrected chi connectivity index (χ0v) is 14.1. The molecule has 10 heteroatoms. The van der Waals surface area contributed by atoms with E-state index in [1.165, 1.54) is 26.0 Å². The van der Waals surface area contributed by atoms with Crippen LogP contribution in [0.1, 0.15) is 19.4 Å². The molecule has 0 radical (unpaired) electrons. The summed E-state index contributed by atoms with van der Waals surface area (Å²) in [4.78, 5) is 34.4. The van der Waals surface area contributed by atoms with Gasteiger partial charge in [-0.05, 0) is 13.8 Å². The second kappa shape index (κ2) is 6.58. The Labute approximate surface area is 147 Å². The summed E-state index contributed by atoms with van der Waals surface area (Å²) < 4.78 is 4.62. The number of carbonyl (C=O) groups excluding carboxylic acids is 1. The molecule has 1 aliphatic heterocycles. The van der Waals surface area contributed by atoms with Gasteiger partial charge in [0.1, 0.15) is 0 Å². The molecule has 138 valence electrons. The standard InChI is InChI=1S/C16H16N2O8/c1-8-12(14(19)20)16(22,10-5-4-6-11(7-10)18(24)25)13(15(21)26-3)9(2)17(8)23/h4-7,22-23H,1-3H3,(H,19,20)/t16-/m1/s1. The molecule has 2 rings (SSSR count). The maximum atomic E-state index is 12.3. The molecule has 0 unspecified atom stereocenters. The number of benzene rings is 1. The average Bonchev–Trinajstić information content (AvgIpc) is 2.59. The maximum Gasteiger partial charge on any atom is 0.339 e. The largest absolute Gasteiger partial charge is 0.478 e. The zero-order valence-electron chi connectivity index (χ0n) is 14.1. The highest BCUT2D eigenvalue weighted by Crippen LogP contribution is 2.45. The van der Waals surface area contributed by atoms with Crippen molar-refractivity contribution in [2.45, 2.75) is 19.4 Å². The third-order valence-electron chi connectivity index (χ3n) is 4.16. The molecule has 0 aromatic heterocycles. The number of aliphatic hydroxyl groups is 1. The molecule has 0 saturated heterocycles. The highest BCUT2D eigenvalue weighted by atomic mass is 16.6. The molecule has 1 atom stereocenters. The number of nitrogens with zero attached hydrogens (tertiary/aromatic N) is 2. The zero-order chi connectivity index (χ0) is 19.8. The lowest BCUT2D eigenvalue weighted by molar-refractivity contribution is -0.385. The van der Waals surface area contributed by atoms with Crippen molar-refractivity contribution in [1.29, 1.82) is 0 Å². The van der Waals surface area contributed by atoms with E-state index in [9.17, 15) is 35.1 Å². The first-order valence-electron chi connectivity index (χ1n) is 7.28. The van der Waals surface area contributed by atoms with E-state index in [1.54, 1.807) is 0 Å². The van der Waals surface area contributed by atoms with Crippen LogP contribution in [-0.2, 0) is 19.9 Å². The molecule has 0 saturated carbocycles.